The molecule has 0 atom stereocenters. The van der Waals surface area contributed by atoms with E-state index < -0.39 is 0 Å². The van der Waals surface area contributed by atoms with Gasteiger partial charge in [0.05, 0.1) is 6.26 Å². The van der Waals surface area contributed by atoms with Crippen LogP contribution < -0.4 is 10.1 Å². The standard InChI is InChI=1S/C15H17BrFNO2/c1-10(2)18-8-11-3-4-19-15(11)9-20-14-6-12(16)5-13(17)7-14/h3-7,10,18H,8-9H2,1-2H3. The average molecular weight is 342 g/mol. The first-order valence-corrected chi connectivity index (χ1v) is 7.21. The molecule has 0 amide bonds. The lowest BCUT2D eigenvalue weighted by Crippen LogP contribution is -2.22. The van der Waals surface area contributed by atoms with Gasteiger partial charge >= 0.3 is 0 Å². The molecule has 0 radical (unpaired) electrons. The van der Waals surface area contributed by atoms with E-state index >= 15 is 0 Å². The highest BCUT2D eigenvalue weighted by molar-refractivity contribution is 9.10. The lowest BCUT2D eigenvalue weighted by molar-refractivity contribution is 0.266. The van der Waals surface area contributed by atoms with Crippen LogP contribution in [-0.4, -0.2) is 6.04 Å². The van der Waals surface area contributed by atoms with Crippen molar-refractivity contribution in [1.29, 1.82) is 0 Å². The number of halogens is 2. The molecule has 0 aliphatic heterocycles. The molecule has 3 nitrogen and oxygen atoms in total. The fourth-order valence-corrected chi connectivity index (χ4v) is 2.17. The Labute approximate surface area is 126 Å². The van der Waals surface area contributed by atoms with Gasteiger partial charge in [-0.1, -0.05) is 29.8 Å². The second-order valence-corrected chi connectivity index (χ2v) is 5.71. The van der Waals surface area contributed by atoms with Crippen LogP contribution in [0, 0.1) is 5.82 Å². The SMILES string of the molecule is CC(C)NCc1ccoc1COc1cc(F)cc(Br)c1. The van der Waals surface area contributed by atoms with Gasteiger partial charge in [0.15, 0.2) is 0 Å². The van der Waals surface area contributed by atoms with Gasteiger partial charge < -0.3 is 14.5 Å². The summed E-state index contributed by atoms with van der Waals surface area (Å²) in [6.07, 6.45) is 1.64. The quantitative estimate of drug-likeness (QED) is 0.852. The summed E-state index contributed by atoms with van der Waals surface area (Å²) in [6, 6.07) is 6.77. The highest BCUT2D eigenvalue weighted by Crippen LogP contribution is 2.22. The number of ether oxygens (including phenoxy) is 1. The van der Waals surface area contributed by atoms with Crippen LogP contribution in [0.15, 0.2) is 39.4 Å². The molecule has 20 heavy (non-hydrogen) atoms. The normalized spacial score (nSPS) is 11.1. The maximum absolute atomic E-state index is 13.2. The van der Waals surface area contributed by atoms with Gasteiger partial charge in [-0.15, -0.1) is 0 Å². The zero-order chi connectivity index (χ0) is 14.5. The molecule has 1 heterocycles. The number of benzene rings is 1. The van der Waals surface area contributed by atoms with Gasteiger partial charge in [0.2, 0.25) is 0 Å². The predicted molar refractivity (Wildman–Crippen MR) is 79.1 cm³/mol. The van der Waals surface area contributed by atoms with Gasteiger partial charge in [-0.05, 0) is 18.2 Å². The lowest BCUT2D eigenvalue weighted by atomic mass is 10.2. The van der Waals surface area contributed by atoms with Crippen molar-refractivity contribution < 1.29 is 13.5 Å². The fourth-order valence-electron chi connectivity index (χ4n) is 1.73. The zero-order valence-corrected chi connectivity index (χ0v) is 13.0. The van der Waals surface area contributed by atoms with E-state index in [1.807, 2.05) is 6.07 Å². The van der Waals surface area contributed by atoms with E-state index in [1.54, 1.807) is 12.3 Å². The Bertz CT molecular complexity index is 549. The second-order valence-electron chi connectivity index (χ2n) is 4.80. The first kappa shape index (κ1) is 15.1. The maximum Gasteiger partial charge on any atom is 0.146 e. The maximum atomic E-state index is 13.2. The summed E-state index contributed by atoms with van der Waals surface area (Å²) in [5.74, 6) is 0.880. The summed E-state index contributed by atoms with van der Waals surface area (Å²) in [6.45, 7) is 5.17. The van der Waals surface area contributed by atoms with Crippen molar-refractivity contribution in [3.8, 4) is 5.75 Å². The number of furan rings is 1. The topological polar surface area (TPSA) is 34.4 Å². The van der Waals surface area contributed by atoms with Crippen LogP contribution >= 0.6 is 15.9 Å². The van der Waals surface area contributed by atoms with Gasteiger partial charge in [0.25, 0.3) is 0 Å². The predicted octanol–water partition coefficient (Wildman–Crippen LogP) is 4.26. The zero-order valence-electron chi connectivity index (χ0n) is 11.5. The Morgan fingerprint density at radius 3 is 2.85 bits per heavy atom. The van der Waals surface area contributed by atoms with Gasteiger partial charge in [-0.25, -0.2) is 4.39 Å². The van der Waals surface area contributed by atoms with Gasteiger partial charge in [0, 0.05) is 28.7 Å². The van der Waals surface area contributed by atoms with Crippen LogP contribution in [0.1, 0.15) is 25.2 Å². The Morgan fingerprint density at radius 2 is 2.15 bits per heavy atom. The van der Waals surface area contributed by atoms with Crippen LogP contribution in [0.5, 0.6) is 5.75 Å². The van der Waals surface area contributed by atoms with Crippen molar-refractivity contribution in [3.63, 3.8) is 0 Å². The first-order valence-electron chi connectivity index (χ1n) is 6.42. The monoisotopic (exact) mass is 341 g/mol. The minimum Gasteiger partial charge on any atom is -0.486 e. The molecule has 1 aromatic heterocycles. The van der Waals surface area contributed by atoms with Crippen molar-refractivity contribution in [1.82, 2.24) is 5.32 Å². The molecule has 0 aliphatic rings. The lowest BCUT2D eigenvalue weighted by Gasteiger charge is -2.09. The minimum atomic E-state index is -0.337. The molecule has 2 aromatic rings. The van der Waals surface area contributed by atoms with Gasteiger partial charge in [-0.3, -0.25) is 0 Å². The summed E-state index contributed by atoms with van der Waals surface area (Å²) in [7, 11) is 0. The number of nitrogens with one attached hydrogen (secondary N) is 1. The minimum absolute atomic E-state index is 0.276. The van der Waals surface area contributed by atoms with Crippen LogP contribution in [0.3, 0.4) is 0 Å². The summed E-state index contributed by atoms with van der Waals surface area (Å²) in [5, 5.41) is 3.32. The van der Waals surface area contributed by atoms with E-state index in [9.17, 15) is 4.39 Å². The Hall–Kier alpha value is -1.33. The van der Waals surface area contributed by atoms with E-state index in [2.05, 4.69) is 35.1 Å². The molecule has 0 fully saturated rings. The molecule has 0 unspecified atom stereocenters. The highest BCUT2D eigenvalue weighted by Gasteiger charge is 2.08. The molecule has 0 aliphatic carbocycles. The molecule has 5 heteroatoms. The molecular formula is C15H17BrFNO2. The van der Waals surface area contributed by atoms with Crippen molar-refractivity contribution >= 4 is 15.9 Å². The number of hydrogen-bond acceptors (Lipinski definition) is 3. The van der Waals surface area contributed by atoms with Gasteiger partial charge in [-0.2, -0.15) is 0 Å². The third kappa shape index (κ3) is 4.35. The second kappa shape index (κ2) is 6.90. The van der Waals surface area contributed by atoms with Crippen molar-refractivity contribution in [2.24, 2.45) is 0 Å². The van der Waals surface area contributed by atoms with Crippen molar-refractivity contribution in [2.45, 2.75) is 33.0 Å². The summed E-state index contributed by atoms with van der Waals surface area (Å²) in [5.41, 5.74) is 1.05. The average Bonchev–Trinajstić information content (AvgIpc) is 2.80. The Balaban J connectivity index is 1.98. The number of rotatable bonds is 6. The summed E-state index contributed by atoms with van der Waals surface area (Å²) in [4.78, 5) is 0. The Kier molecular flexibility index (Phi) is 5.20. The third-order valence-electron chi connectivity index (χ3n) is 2.74. The molecule has 0 saturated heterocycles. The molecule has 1 N–H and O–H groups in total. The summed E-state index contributed by atoms with van der Waals surface area (Å²) < 4.78 is 24.9. The summed E-state index contributed by atoms with van der Waals surface area (Å²) >= 11 is 3.23. The van der Waals surface area contributed by atoms with E-state index in [0.717, 1.165) is 17.9 Å². The molecule has 0 saturated carbocycles. The van der Waals surface area contributed by atoms with Crippen LogP contribution in [0.4, 0.5) is 4.39 Å². The number of hydrogen-bond donors (Lipinski definition) is 1. The van der Waals surface area contributed by atoms with E-state index in [0.29, 0.717) is 16.3 Å². The molecular weight excluding hydrogens is 325 g/mol. The molecule has 108 valence electrons. The third-order valence-corrected chi connectivity index (χ3v) is 3.20. The fraction of sp³-hybridized carbons (Fsp3) is 0.333. The molecule has 0 bridgehead atoms. The van der Waals surface area contributed by atoms with Crippen LogP contribution in [0.25, 0.3) is 0 Å². The molecule has 2 rings (SSSR count). The van der Waals surface area contributed by atoms with Crippen LogP contribution in [0.2, 0.25) is 0 Å². The van der Waals surface area contributed by atoms with Crippen molar-refractivity contribution in [3.05, 3.63) is 52.1 Å². The first-order chi connectivity index (χ1) is 9.54. The Morgan fingerprint density at radius 1 is 1.35 bits per heavy atom. The van der Waals surface area contributed by atoms with E-state index in [4.69, 9.17) is 9.15 Å². The highest BCUT2D eigenvalue weighted by atomic mass is 79.9. The van der Waals surface area contributed by atoms with Gasteiger partial charge in [0.1, 0.15) is 23.9 Å². The van der Waals surface area contributed by atoms with Crippen LogP contribution in [-0.2, 0) is 13.2 Å². The van der Waals surface area contributed by atoms with E-state index in [1.165, 1.54) is 12.1 Å². The largest absolute Gasteiger partial charge is 0.486 e. The molecule has 1 aromatic carbocycles. The smallest absolute Gasteiger partial charge is 0.146 e. The van der Waals surface area contributed by atoms with Crippen molar-refractivity contribution in [2.75, 3.05) is 0 Å². The molecule has 0 spiro atoms. The van der Waals surface area contributed by atoms with E-state index in [-0.39, 0.29) is 12.4 Å².